The highest BCUT2D eigenvalue weighted by molar-refractivity contribution is 7.99. The maximum atomic E-state index is 10.8. The normalized spacial score (nSPS) is 10.7. The van der Waals surface area contributed by atoms with Gasteiger partial charge in [-0.3, -0.25) is 9.36 Å². The molecule has 0 radical (unpaired) electrons. The summed E-state index contributed by atoms with van der Waals surface area (Å²) in [5, 5.41) is 18.4. The number of aliphatic carboxylic acids is 1. The average molecular weight is 346 g/mol. The van der Waals surface area contributed by atoms with Gasteiger partial charge in [-0.1, -0.05) is 53.7 Å². The van der Waals surface area contributed by atoms with E-state index in [4.69, 9.17) is 16.7 Å². The van der Waals surface area contributed by atoms with Gasteiger partial charge in [0.15, 0.2) is 11.0 Å². The van der Waals surface area contributed by atoms with Gasteiger partial charge in [0.2, 0.25) is 0 Å². The van der Waals surface area contributed by atoms with Gasteiger partial charge in [-0.15, -0.1) is 10.2 Å². The standard InChI is InChI=1S/C16H12ClN3O2S/c17-12-6-4-5-11(9-12)15-18-19-16(23-10-14(21)22)20(15)13-7-2-1-3-8-13/h1-9H,10H2,(H,21,22). The van der Waals surface area contributed by atoms with Crippen molar-refractivity contribution >= 4 is 29.3 Å². The SMILES string of the molecule is O=C(O)CSc1nnc(-c2cccc(Cl)c2)n1-c1ccccc1. The van der Waals surface area contributed by atoms with Crippen molar-refractivity contribution < 1.29 is 9.90 Å². The van der Waals surface area contributed by atoms with Gasteiger partial charge < -0.3 is 5.11 Å². The molecule has 116 valence electrons. The third-order valence-electron chi connectivity index (χ3n) is 3.06. The van der Waals surface area contributed by atoms with Crippen molar-refractivity contribution in [2.75, 3.05) is 5.75 Å². The Morgan fingerprint density at radius 1 is 1.13 bits per heavy atom. The number of rotatable bonds is 5. The number of nitrogens with zero attached hydrogens (tertiary/aromatic N) is 3. The van der Waals surface area contributed by atoms with Crippen LogP contribution in [0, 0.1) is 0 Å². The van der Waals surface area contributed by atoms with E-state index in [0.29, 0.717) is 16.0 Å². The zero-order chi connectivity index (χ0) is 16.2. The van der Waals surface area contributed by atoms with Crippen LogP contribution in [-0.4, -0.2) is 31.6 Å². The van der Waals surface area contributed by atoms with E-state index in [1.807, 2.05) is 47.0 Å². The molecule has 1 aromatic heterocycles. The van der Waals surface area contributed by atoms with Crippen LogP contribution in [-0.2, 0) is 4.79 Å². The Balaban J connectivity index is 2.11. The Hall–Kier alpha value is -2.31. The lowest BCUT2D eigenvalue weighted by Gasteiger charge is -2.10. The highest BCUT2D eigenvalue weighted by Gasteiger charge is 2.17. The summed E-state index contributed by atoms with van der Waals surface area (Å²) in [5.74, 6) is -0.367. The highest BCUT2D eigenvalue weighted by Crippen LogP contribution is 2.29. The van der Waals surface area contributed by atoms with Gasteiger partial charge >= 0.3 is 5.97 Å². The molecule has 0 aliphatic heterocycles. The number of benzene rings is 2. The van der Waals surface area contributed by atoms with Gasteiger partial charge in [-0.05, 0) is 24.3 Å². The fraction of sp³-hybridized carbons (Fsp3) is 0.0625. The second-order valence-corrected chi connectivity index (χ2v) is 6.05. The molecule has 0 saturated heterocycles. The first-order valence-electron chi connectivity index (χ1n) is 6.76. The zero-order valence-corrected chi connectivity index (χ0v) is 13.5. The first-order chi connectivity index (χ1) is 11.1. The molecule has 3 rings (SSSR count). The Morgan fingerprint density at radius 2 is 1.91 bits per heavy atom. The summed E-state index contributed by atoms with van der Waals surface area (Å²) in [6.45, 7) is 0. The molecule has 1 N–H and O–H groups in total. The topological polar surface area (TPSA) is 68.0 Å². The van der Waals surface area contributed by atoms with Gasteiger partial charge in [0.05, 0.1) is 5.75 Å². The van der Waals surface area contributed by atoms with Crippen molar-refractivity contribution in [3.63, 3.8) is 0 Å². The molecule has 0 aliphatic carbocycles. The largest absolute Gasteiger partial charge is 0.481 e. The minimum atomic E-state index is -0.901. The van der Waals surface area contributed by atoms with Crippen molar-refractivity contribution in [2.24, 2.45) is 0 Å². The van der Waals surface area contributed by atoms with Crippen LogP contribution in [0.25, 0.3) is 17.1 Å². The maximum absolute atomic E-state index is 10.8. The minimum absolute atomic E-state index is 0.0828. The summed E-state index contributed by atoms with van der Waals surface area (Å²) in [6.07, 6.45) is 0. The number of thioether (sulfide) groups is 1. The van der Waals surface area contributed by atoms with Crippen LogP contribution >= 0.6 is 23.4 Å². The van der Waals surface area contributed by atoms with Crippen LogP contribution in [0.15, 0.2) is 59.8 Å². The first kappa shape index (κ1) is 15.6. The molecule has 2 aromatic carbocycles. The molecule has 0 aliphatic rings. The summed E-state index contributed by atoms with van der Waals surface area (Å²) in [7, 11) is 0. The fourth-order valence-electron chi connectivity index (χ4n) is 2.11. The van der Waals surface area contributed by atoms with Gasteiger partial charge in [0, 0.05) is 16.3 Å². The molecule has 0 amide bonds. The summed E-state index contributed by atoms with van der Waals surface area (Å²) < 4.78 is 1.83. The average Bonchev–Trinajstić information content (AvgIpc) is 2.97. The maximum Gasteiger partial charge on any atom is 0.313 e. The van der Waals surface area contributed by atoms with E-state index < -0.39 is 5.97 Å². The molecule has 0 unspecified atom stereocenters. The predicted molar refractivity (Wildman–Crippen MR) is 90.2 cm³/mol. The number of hydrogen-bond donors (Lipinski definition) is 1. The predicted octanol–water partition coefficient (Wildman–Crippen LogP) is 3.76. The summed E-state index contributed by atoms with van der Waals surface area (Å²) in [6, 6.07) is 16.9. The Kier molecular flexibility index (Phi) is 4.64. The van der Waals surface area contributed by atoms with Gasteiger partial charge in [0.1, 0.15) is 0 Å². The molecule has 0 spiro atoms. The van der Waals surface area contributed by atoms with Crippen LogP contribution in [0.1, 0.15) is 0 Å². The summed E-state index contributed by atoms with van der Waals surface area (Å²) >= 11 is 7.19. The van der Waals surface area contributed by atoms with Gasteiger partial charge in [0.25, 0.3) is 0 Å². The third kappa shape index (κ3) is 3.55. The van der Waals surface area contributed by atoms with E-state index in [1.165, 1.54) is 0 Å². The fourth-order valence-corrected chi connectivity index (χ4v) is 2.98. The summed E-state index contributed by atoms with van der Waals surface area (Å²) in [5.41, 5.74) is 1.68. The minimum Gasteiger partial charge on any atom is -0.481 e. The van der Waals surface area contributed by atoms with Gasteiger partial charge in [-0.25, -0.2) is 0 Å². The summed E-state index contributed by atoms with van der Waals surface area (Å²) in [4.78, 5) is 10.8. The number of carbonyl (C=O) groups is 1. The van der Waals surface area contributed by atoms with E-state index >= 15 is 0 Å². The van der Waals surface area contributed by atoms with E-state index in [2.05, 4.69) is 10.2 Å². The molecule has 23 heavy (non-hydrogen) atoms. The first-order valence-corrected chi connectivity index (χ1v) is 8.13. The van der Waals surface area contributed by atoms with Crippen LogP contribution in [0.4, 0.5) is 0 Å². The lowest BCUT2D eigenvalue weighted by atomic mass is 10.2. The molecule has 7 heteroatoms. The molecule has 0 atom stereocenters. The Bertz CT molecular complexity index is 836. The molecular weight excluding hydrogens is 334 g/mol. The Morgan fingerprint density at radius 3 is 2.61 bits per heavy atom. The monoisotopic (exact) mass is 345 g/mol. The second kappa shape index (κ2) is 6.85. The number of carboxylic acid groups (broad SMARTS) is 1. The second-order valence-electron chi connectivity index (χ2n) is 4.67. The third-order valence-corrected chi connectivity index (χ3v) is 4.20. The molecule has 1 heterocycles. The number of aromatic nitrogens is 3. The molecular formula is C16H12ClN3O2S. The molecule has 3 aromatic rings. The van der Waals surface area contributed by atoms with E-state index in [-0.39, 0.29) is 5.75 Å². The molecule has 5 nitrogen and oxygen atoms in total. The van der Waals surface area contributed by atoms with Crippen LogP contribution in [0.2, 0.25) is 5.02 Å². The van der Waals surface area contributed by atoms with Crippen LogP contribution in [0.5, 0.6) is 0 Å². The smallest absolute Gasteiger partial charge is 0.313 e. The van der Waals surface area contributed by atoms with Gasteiger partial charge in [-0.2, -0.15) is 0 Å². The van der Waals surface area contributed by atoms with Crippen molar-refractivity contribution in [3.8, 4) is 17.1 Å². The number of carboxylic acids is 1. The van der Waals surface area contributed by atoms with Crippen molar-refractivity contribution in [2.45, 2.75) is 5.16 Å². The van der Waals surface area contributed by atoms with Crippen LogP contribution in [0.3, 0.4) is 0 Å². The molecule has 0 bridgehead atoms. The van der Waals surface area contributed by atoms with Crippen LogP contribution < -0.4 is 0 Å². The molecule has 0 fully saturated rings. The van der Waals surface area contributed by atoms with E-state index in [0.717, 1.165) is 23.0 Å². The van der Waals surface area contributed by atoms with E-state index in [9.17, 15) is 4.79 Å². The number of hydrogen-bond acceptors (Lipinski definition) is 4. The number of halogens is 1. The quantitative estimate of drug-likeness (QED) is 0.713. The van der Waals surface area contributed by atoms with Crippen molar-refractivity contribution in [1.29, 1.82) is 0 Å². The highest BCUT2D eigenvalue weighted by atomic mass is 35.5. The number of para-hydroxylation sites is 1. The van der Waals surface area contributed by atoms with Crippen molar-refractivity contribution in [1.82, 2.24) is 14.8 Å². The lowest BCUT2D eigenvalue weighted by molar-refractivity contribution is -0.133. The Labute approximate surface area is 141 Å². The lowest BCUT2D eigenvalue weighted by Crippen LogP contribution is -2.03. The molecule has 0 saturated carbocycles. The zero-order valence-electron chi connectivity index (χ0n) is 11.9. The van der Waals surface area contributed by atoms with Crippen molar-refractivity contribution in [3.05, 3.63) is 59.6 Å². The van der Waals surface area contributed by atoms with E-state index in [1.54, 1.807) is 12.1 Å².